The van der Waals surface area contributed by atoms with Gasteiger partial charge in [-0.05, 0) is 70.3 Å². The molecular formula is C22H40O9. The minimum Gasteiger partial charge on any atom is -0.502 e. The topological polar surface area (TPSA) is 113 Å². The Morgan fingerprint density at radius 2 is 1.48 bits per heavy atom. The summed E-state index contributed by atoms with van der Waals surface area (Å²) in [6, 6.07) is 0. The molecule has 4 aliphatic rings. The molecule has 0 aliphatic carbocycles. The molecule has 9 nitrogen and oxygen atoms in total. The Bertz CT molecular complexity index is 404. The summed E-state index contributed by atoms with van der Waals surface area (Å²) in [4.78, 5) is 9.77. The molecule has 0 aromatic rings. The largest absolute Gasteiger partial charge is 0.502 e. The van der Waals surface area contributed by atoms with Crippen molar-refractivity contribution >= 4 is 6.47 Å². The number of hydrogen-bond donors (Lipinski definition) is 2. The van der Waals surface area contributed by atoms with Gasteiger partial charge in [0.25, 0.3) is 6.47 Å². The van der Waals surface area contributed by atoms with Gasteiger partial charge in [-0.1, -0.05) is 0 Å². The molecule has 4 aliphatic heterocycles. The summed E-state index contributed by atoms with van der Waals surface area (Å²) >= 11 is 0. The van der Waals surface area contributed by atoms with Gasteiger partial charge < -0.3 is 38.6 Å². The molecule has 2 N–H and O–H groups in total. The molecule has 3 saturated heterocycles. The number of rotatable bonds is 4. The first kappa shape index (κ1) is 27.8. The zero-order chi connectivity index (χ0) is 22.4. The maximum atomic E-state index is 9.77. The highest BCUT2D eigenvalue weighted by Gasteiger charge is 2.13. The van der Waals surface area contributed by atoms with Crippen LogP contribution >= 0.6 is 0 Å². The lowest BCUT2D eigenvalue weighted by Gasteiger charge is -2.21. The van der Waals surface area contributed by atoms with E-state index >= 15 is 0 Å². The Morgan fingerprint density at radius 3 is 1.81 bits per heavy atom. The van der Waals surface area contributed by atoms with Gasteiger partial charge >= 0.3 is 0 Å². The third-order valence-corrected chi connectivity index (χ3v) is 4.72. The van der Waals surface area contributed by atoms with Gasteiger partial charge in [0.15, 0.2) is 12.6 Å². The Hall–Kier alpha value is -1.23. The van der Waals surface area contributed by atoms with Gasteiger partial charge in [-0.2, -0.15) is 0 Å². The number of aliphatic hydroxyl groups excluding tert-OH is 2. The van der Waals surface area contributed by atoms with Crippen LogP contribution in [0.25, 0.3) is 0 Å². The SMILES string of the molecule is C1=COCCC1.O=COC1CCCCO1.OC1CCCCO1.OCOC1CCCCO1. The summed E-state index contributed by atoms with van der Waals surface area (Å²) in [7, 11) is 0. The van der Waals surface area contributed by atoms with Gasteiger partial charge in [0.2, 0.25) is 6.29 Å². The van der Waals surface area contributed by atoms with E-state index in [0.29, 0.717) is 6.47 Å². The summed E-state index contributed by atoms with van der Waals surface area (Å²) in [6.45, 7) is 3.35. The van der Waals surface area contributed by atoms with Gasteiger partial charge in [0.1, 0.15) is 6.79 Å². The lowest BCUT2D eigenvalue weighted by Crippen LogP contribution is -2.22. The van der Waals surface area contributed by atoms with Gasteiger partial charge in [0.05, 0.1) is 19.5 Å². The highest BCUT2D eigenvalue weighted by molar-refractivity contribution is 5.37. The van der Waals surface area contributed by atoms with Gasteiger partial charge in [-0.25, -0.2) is 0 Å². The Kier molecular flexibility index (Phi) is 18.5. The maximum absolute atomic E-state index is 9.77. The van der Waals surface area contributed by atoms with Crippen LogP contribution in [0.4, 0.5) is 0 Å². The molecule has 9 heteroatoms. The normalized spacial score (nSPS) is 27.5. The molecule has 0 saturated carbocycles. The van der Waals surface area contributed by atoms with Crippen molar-refractivity contribution in [1.82, 2.24) is 0 Å². The number of hydrogen-bond acceptors (Lipinski definition) is 9. The monoisotopic (exact) mass is 448 g/mol. The number of ether oxygens (including phenoxy) is 6. The Morgan fingerprint density at radius 1 is 0.839 bits per heavy atom. The number of aliphatic hydroxyl groups is 2. The third kappa shape index (κ3) is 17.1. The summed E-state index contributed by atoms with van der Waals surface area (Å²) in [5.41, 5.74) is 0. The van der Waals surface area contributed by atoms with Crippen molar-refractivity contribution in [3.63, 3.8) is 0 Å². The molecule has 0 radical (unpaired) electrons. The second kappa shape index (κ2) is 20.7. The Balaban J connectivity index is 0.000000209. The second-order valence-electron chi connectivity index (χ2n) is 7.33. The molecular weight excluding hydrogens is 408 g/mol. The average molecular weight is 449 g/mol. The molecule has 3 atom stereocenters. The third-order valence-electron chi connectivity index (χ3n) is 4.72. The lowest BCUT2D eigenvalue weighted by molar-refractivity contribution is -0.196. The van der Waals surface area contributed by atoms with E-state index in [1.165, 1.54) is 12.8 Å². The lowest BCUT2D eigenvalue weighted by atomic mass is 10.2. The summed E-state index contributed by atoms with van der Waals surface area (Å²) < 4.78 is 29.3. The fourth-order valence-corrected chi connectivity index (χ4v) is 3.02. The van der Waals surface area contributed by atoms with Crippen LogP contribution in [0, 0.1) is 0 Å². The zero-order valence-corrected chi connectivity index (χ0v) is 18.5. The molecule has 0 bridgehead atoms. The molecule has 4 rings (SSSR count). The van der Waals surface area contributed by atoms with E-state index < -0.39 is 6.29 Å². The molecule has 3 fully saturated rings. The van der Waals surface area contributed by atoms with Crippen LogP contribution < -0.4 is 0 Å². The van der Waals surface area contributed by atoms with E-state index in [-0.39, 0.29) is 19.4 Å². The highest BCUT2D eigenvalue weighted by atomic mass is 16.7. The zero-order valence-electron chi connectivity index (χ0n) is 18.5. The average Bonchev–Trinajstić information content (AvgIpc) is 2.84. The summed E-state index contributed by atoms with van der Waals surface area (Å²) in [6.07, 6.45) is 14.6. The van der Waals surface area contributed by atoms with Crippen molar-refractivity contribution in [3.05, 3.63) is 12.3 Å². The number of allylic oxidation sites excluding steroid dienone is 1. The first-order valence-corrected chi connectivity index (χ1v) is 11.4. The van der Waals surface area contributed by atoms with Crippen LogP contribution in [0.3, 0.4) is 0 Å². The van der Waals surface area contributed by atoms with Crippen LogP contribution in [0.1, 0.15) is 70.6 Å². The molecule has 3 unspecified atom stereocenters. The minimum absolute atomic E-state index is 0.149. The number of carbonyl (C=O) groups is 1. The molecule has 0 aromatic carbocycles. The van der Waals surface area contributed by atoms with E-state index in [1.54, 1.807) is 6.26 Å². The van der Waals surface area contributed by atoms with Crippen LogP contribution in [-0.2, 0) is 33.2 Å². The van der Waals surface area contributed by atoms with E-state index in [0.717, 1.165) is 84.2 Å². The quantitative estimate of drug-likeness (QED) is 0.495. The molecule has 0 aromatic heterocycles. The fraction of sp³-hybridized carbons (Fsp3) is 0.864. The van der Waals surface area contributed by atoms with E-state index in [4.69, 9.17) is 33.9 Å². The van der Waals surface area contributed by atoms with Gasteiger partial charge in [0, 0.05) is 19.6 Å². The second-order valence-corrected chi connectivity index (χ2v) is 7.33. The maximum Gasteiger partial charge on any atom is 0.295 e. The first-order chi connectivity index (χ1) is 15.3. The van der Waals surface area contributed by atoms with Crippen LogP contribution in [0.5, 0.6) is 0 Å². The fourth-order valence-electron chi connectivity index (χ4n) is 3.02. The van der Waals surface area contributed by atoms with Crippen LogP contribution in [-0.4, -0.2) is 68.8 Å². The van der Waals surface area contributed by atoms with Crippen LogP contribution in [0.2, 0.25) is 0 Å². The van der Waals surface area contributed by atoms with Gasteiger partial charge in [-0.15, -0.1) is 0 Å². The van der Waals surface area contributed by atoms with Crippen molar-refractivity contribution in [2.45, 2.75) is 89.5 Å². The molecule has 4 heterocycles. The first-order valence-electron chi connectivity index (χ1n) is 11.4. The standard InChI is InChI=1S/C6H12O3.C6H10O3.C5H10O2.C5H8O/c2*7-5-9-6-3-1-2-4-8-6;6-5-3-1-2-4-7-5;1-2-4-6-5-3-1/h6-7H,1-5H2;5-6H,1-4H2;5-6H,1-4H2;2,4H,1,3,5H2. The van der Waals surface area contributed by atoms with Crippen molar-refractivity contribution in [2.75, 3.05) is 33.2 Å². The summed E-state index contributed by atoms with van der Waals surface area (Å²) in [5.74, 6) is 0. The molecule has 0 spiro atoms. The molecule has 182 valence electrons. The highest BCUT2D eigenvalue weighted by Crippen LogP contribution is 2.13. The smallest absolute Gasteiger partial charge is 0.295 e. The Labute approximate surface area is 185 Å². The predicted molar refractivity (Wildman–Crippen MR) is 113 cm³/mol. The van der Waals surface area contributed by atoms with Crippen LogP contribution in [0.15, 0.2) is 12.3 Å². The minimum atomic E-state index is -0.464. The molecule has 0 amide bonds. The van der Waals surface area contributed by atoms with E-state index in [9.17, 15) is 4.79 Å². The van der Waals surface area contributed by atoms with Crippen molar-refractivity contribution in [1.29, 1.82) is 0 Å². The number of carbonyl (C=O) groups excluding carboxylic acids is 1. The van der Waals surface area contributed by atoms with Crippen molar-refractivity contribution in [3.8, 4) is 0 Å². The van der Waals surface area contributed by atoms with Crippen molar-refractivity contribution in [2.24, 2.45) is 0 Å². The summed E-state index contributed by atoms with van der Waals surface area (Å²) in [5, 5.41) is 17.0. The predicted octanol–water partition coefficient (Wildman–Crippen LogP) is 2.98. The van der Waals surface area contributed by atoms with Gasteiger partial charge in [-0.3, -0.25) is 4.79 Å². The van der Waals surface area contributed by atoms with Crippen molar-refractivity contribution < 1.29 is 43.4 Å². The van der Waals surface area contributed by atoms with E-state index in [1.807, 2.05) is 6.08 Å². The van der Waals surface area contributed by atoms with E-state index in [2.05, 4.69) is 4.74 Å². The molecule has 31 heavy (non-hydrogen) atoms.